The van der Waals surface area contributed by atoms with E-state index < -0.39 is 0 Å². The summed E-state index contributed by atoms with van der Waals surface area (Å²) in [7, 11) is 0. The molecule has 0 amide bonds. The minimum absolute atomic E-state index is 0.414. The maximum atomic E-state index is 5.76. The predicted octanol–water partition coefficient (Wildman–Crippen LogP) is 2.80. The minimum atomic E-state index is 0.414. The Labute approximate surface area is 116 Å². The van der Waals surface area contributed by atoms with Crippen LogP contribution < -0.4 is 10.6 Å². The molecule has 94 valence electrons. The van der Waals surface area contributed by atoms with E-state index in [-0.39, 0.29) is 0 Å². The molecule has 3 nitrogen and oxygen atoms in total. The third-order valence-electron chi connectivity index (χ3n) is 2.71. The van der Waals surface area contributed by atoms with E-state index in [1.165, 1.54) is 4.88 Å². The quantitative estimate of drug-likeness (QED) is 0.853. The lowest BCUT2D eigenvalue weighted by molar-refractivity contribution is 0.838. The Morgan fingerprint density at radius 1 is 1.50 bits per heavy atom. The second-order valence-corrected chi connectivity index (χ2v) is 5.32. The number of aromatic nitrogens is 1. The molecule has 0 aliphatic heterocycles. The Morgan fingerprint density at radius 3 is 2.94 bits per heavy atom. The summed E-state index contributed by atoms with van der Waals surface area (Å²) < 4.78 is 0. The molecule has 0 bridgehead atoms. The summed E-state index contributed by atoms with van der Waals surface area (Å²) in [6, 6.07) is 6.06. The van der Waals surface area contributed by atoms with E-state index in [4.69, 9.17) is 18.0 Å². The normalized spacial score (nSPS) is 10.3. The summed E-state index contributed by atoms with van der Waals surface area (Å²) in [4.78, 5) is 8.13. The van der Waals surface area contributed by atoms with Gasteiger partial charge in [-0.1, -0.05) is 18.3 Å². The smallest absolute Gasteiger partial charge is 0.106 e. The first-order valence-electron chi connectivity index (χ1n) is 5.73. The molecule has 0 fully saturated rings. The van der Waals surface area contributed by atoms with Gasteiger partial charge in [-0.25, -0.2) is 0 Å². The number of nitrogens with zero attached hydrogens (tertiary/aromatic N) is 2. The van der Waals surface area contributed by atoms with Gasteiger partial charge in [-0.15, -0.1) is 11.3 Å². The highest BCUT2D eigenvalue weighted by molar-refractivity contribution is 7.80. The Kier molecular flexibility index (Phi) is 4.28. The molecule has 2 heterocycles. The lowest BCUT2D eigenvalue weighted by Gasteiger charge is -2.24. The summed E-state index contributed by atoms with van der Waals surface area (Å²) in [5.41, 5.74) is 7.65. The summed E-state index contributed by atoms with van der Waals surface area (Å²) in [6.45, 7) is 3.86. The van der Waals surface area contributed by atoms with Gasteiger partial charge in [0, 0.05) is 23.2 Å². The summed E-state index contributed by atoms with van der Waals surface area (Å²) in [6.07, 6.45) is 3.54. The molecule has 0 aliphatic carbocycles. The Bertz CT molecular complexity index is 523. The van der Waals surface area contributed by atoms with Crippen molar-refractivity contribution in [1.82, 2.24) is 4.98 Å². The number of hydrogen-bond donors (Lipinski definition) is 1. The molecular formula is C13H15N3S2. The largest absolute Gasteiger partial charge is 0.389 e. The molecule has 0 saturated carbocycles. The highest BCUT2D eigenvalue weighted by atomic mass is 32.1. The van der Waals surface area contributed by atoms with Gasteiger partial charge in [0.1, 0.15) is 4.99 Å². The SMILES string of the molecule is CCN(Cc1cccs1)c1cnccc1C(N)=S. The fourth-order valence-corrected chi connectivity index (χ4v) is 2.70. The zero-order chi connectivity index (χ0) is 13.0. The van der Waals surface area contributed by atoms with Crippen LogP contribution in [0.5, 0.6) is 0 Å². The van der Waals surface area contributed by atoms with Crippen LogP contribution in [0, 0.1) is 0 Å². The average molecular weight is 277 g/mol. The molecule has 5 heteroatoms. The van der Waals surface area contributed by atoms with Crippen molar-refractivity contribution in [3.63, 3.8) is 0 Å². The number of thiocarbonyl (C=S) groups is 1. The van der Waals surface area contributed by atoms with Crippen molar-refractivity contribution in [2.45, 2.75) is 13.5 Å². The molecule has 0 aromatic carbocycles. The van der Waals surface area contributed by atoms with Crippen LogP contribution in [0.15, 0.2) is 36.0 Å². The minimum Gasteiger partial charge on any atom is -0.389 e. The third-order valence-corrected chi connectivity index (χ3v) is 3.80. The van der Waals surface area contributed by atoms with Gasteiger partial charge in [0.2, 0.25) is 0 Å². The molecule has 0 aliphatic rings. The Hall–Kier alpha value is -1.46. The van der Waals surface area contributed by atoms with Crippen molar-refractivity contribution < 1.29 is 0 Å². The van der Waals surface area contributed by atoms with E-state index >= 15 is 0 Å². The van der Waals surface area contributed by atoms with E-state index in [0.29, 0.717) is 4.99 Å². The van der Waals surface area contributed by atoms with Crippen LogP contribution in [0.2, 0.25) is 0 Å². The number of anilines is 1. The van der Waals surface area contributed by atoms with Crippen LogP contribution in [0.1, 0.15) is 17.4 Å². The standard InChI is InChI=1S/C13H15N3S2/c1-2-16(9-10-4-3-7-18-10)12-8-15-6-5-11(12)13(14)17/h3-8H,2,9H2,1H3,(H2,14,17). The van der Waals surface area contributed by atoms with Crippen molar-refractivity contribution in [2.24, 2.45) is 5.73 Å². The summed E-state index contributed by atoms with van der Waals surface area (Å²) in [5, 5.41) is 2.08. The van der Waals surface area contributed by atoms with Crippen molar-refractivity contribution in [3.05, 3.63) is 46.4 Å². The van der Waals surface area contributed by atoms with E-state index in [2.05, 4.69) is 34.3 Å². The van der Waals surface area contributed by atoms with E-state index in [1.54, 1.807) is 17.5 Å². The van der Waals surface area contributed by atoms with Gasteiger partial charge in [-0.3, -0.25) is 4.98 Å². The van der Waals surface area contributed by atoms with Crippen LogP contribution in [0.4, 0.5) is 5.69 Å². The van der Waals surface area contributed by atoms with Crippen molar-refractivity contribution in [3.8, 4) is 0 Å². The van der Waals surface area contributed by atoms with Crippen LogP contribution in [-0.4, -0.2) is 16.5 Å². The third kappa shape index (κ3) is 2.86. The molecule has 2 aromatic heterocycles. The maximum Gasteiger partial charge on any atom is 0.106 e. The molecule has 2 rings (SSSR count). The molecule has 0 spiro atoms. The van der Waals surface area contributed by atoms with E-state index in [1.807, 2.05) is 12.3 Å². The average Bonchev–Trinajstić information content (AvgIpc) is 2.88. The van der Waals surface area contributed by atoms with Gasteiger partial charge in [-0.2, -0.15) is 0 Å². The van der Waals surface area contributed by atoms with Gasteiger partial charge in [0.25, 0.3) is 0 Å². The highest BCUT2D eigenvalue weighted by Gasteiger charge is 2.12. The lowest BCUT2D eigenvalue weighted by Crippen LogP contribution is -2.25. The van der Waals surface area contributed by atoms with E-state index in [9.17, 15) is 0 Å². The molecule has 0 unspecified atom stereocenters. The Balaban J connectivity index is 2.30. The fourth-order valence-electron chi connectivity index (χ4n) is 1.80. The number of thiophene rings is 1. The fraction of sp³-hybridized carbons (Fsp3) is 0.231. The van der Waals surface area contributed by atoms with Crippen molar-refractivity contribution in [2.75, 3.05) is 11.4 Å². The van der Waals surface area contributed by atoms with Gasteiger partial charge >= 0.3 is 0 Å². The summed E-state index contributed by atoms with van der Waals surface area (Å²) >= 11 is 6.84. The zero-order valence-electron chi connectivity index (χ0n) is 10.2. The highest BCUT2D eigenvalue weighted by Crippen LogP contribution is 2.22. The van der Waals surface area contributed by atoms with E-state index in [0.717, 1.165) is 24.3 Å². The van der Waals surface area contributed by atoms with Crippen LogP contribution in [-0.2, 0) is 6.54 Å². The zero-order valence-corrected chi connectivity index (χ0v) is 11.8. The first kappa shape index (κ1) is 13.0. The van der Waals surface area contributed by atoms with Crippen LogP contribution >= 0.6 is 23.6 Å². The predicted molar refractivity (Wildman–Crippen MR) is 81.2 cm³/mol. The van der Waals surface area contributed by atoms with Gasteiger partial charge < -0.3 is 10.6 Å². The van der Waals surface area contributed by atoms with Crippen molar-refractivity contribution >= 4 is 34.2 Å². The van der Waals surface area contributed by atoms with Crippen LogP contribution in [0.25, 0.3) is 0 Å². The second-order valence-electron chi connectivity index (χ2n) is 3.85. The second kappa shape index (κ2) is 5.93. The monoisotopic (exact) mass is 277 g/mol. The Morgan fingerprint density at radius 2 is 2.33 bits per heavy atom. The molecule has 2 aromatic rings. The van der Waals surface area contributed by atoms with Gasteiger partial charge in [0.05, 0.1) is 18.4 Å². The van der Waals surface area contributed by atoms with Crippen LogP contribution in [0.3, 0.4) is 0 Å². The summed E-state index contributed by atoms with van der Waals surface area (Å²) in [5.74, 6) is 0. The number of rotatable bonds is 5. The van der Waals surface area contributed by atoms with Crippen molar-refractivity contribution in [1.29, 1.82) is 0 Å². The van der Waals surface area contributed by atoms with Gasteiger partial charge in [-0.05, 0) is 24.4 Å². The molecule has 0 radical (unpaired) electrons. The molecule has 18 heavy (non-hydrogen) atoms. The number of pyridine rings is 1. The topological polar surface area (TPSA) is 42.2 Å². The molecular weight excluding hydrogens is 262 g/mol. The first-order valence-corrected chi connectivity index (χ1v) is 7.02. The first-order chi connectivity index (χ1) is 8.72. The number of nitrogens with two attached hydrogens (primary N) is 1. The number of hydrogen-bond acceptors (Lipinski definition) is 4. The van der Waals surface area contributed by atoms with Gasteiger partial charge in [0.15, 0.2) is 0 Å². The molecule has 0 atom stereocenters. The molecule has 2 N–H and O–H groups in total. The molecule has 0 saturated heterocycles. The maximum absolute atomic E-state index is 5.76. The lowest BCUT2D eigenvalue weighted by atomic mass is 10.2.